The van der Waals surface area contributed by atoms with Crippen LogP contribution in [0.3, 0.4) is 0 Å². The van der Waals surface area contributed by atoms with E-state index in [0.29, 0.717) is 18.0 Å². The number of thioether (sulfide) groups is 1. The third kappa shape index (κ3) is 5.26. The molecule has 2 saturated carbocycles. The summed E-state index contributed by atoms with van der Waals surface area (Å²) in [4.78, 5) is 4.40. The molecule has 4 unspecified atom stereocenters. The summed E-state index contributed by atoms with van der Waals surface area (Å²) in [6.07, 6.45) is 7.24. The molecule has 1 aromatic rings. The van der Waals surface area contributed by atoms with Crippen molar-refractivity contribution < 1.29 is 0 Å². The second kappa shape index (κ2) is 8.94. The highest BCUT2D eigenvalue weighted by Gasteiger charge is 2.39. The number of halogens is 2. The highest BCUT2D eigenvalue weighted by atomic mass is 127. The summed E-state index contributed by atoms with van der Waals surface area (Å²) in [6.45, 7) is 0. The van der Waals surface area contributed by atoms with Gasteiger partial charge in [-0.1, -0.05) is 28.1 Å². The van der Waals surface area contributed by atoms with Gasteiger partial charge in [0.2, 0.25) is 0 Å². The van der Waals surface area contributed by atoms with Crippen LogP contribution in [0.25, 0.3) is 0 Å². The molecule has 0 aromatic heterocycles. The van der Waals surface area contributed by atoms with Gasteiger partial charge in [0.1, 0.15) is 0 Å². The van der Waals surface area contributed by atoms with E-state index in [0.717, 1.165) is 15.7 Å². The zero-order chi connectivity index (χ0) is 15.5. The predicted molar refractivity (Wildman–Crippen MR) is 115 cm³/mol. The Hall–Kier alpha value is 0.0500. The van der Waals surface area contributed by atoms with Gasteiger partial charge in [0.15, 0.2) is 5.96 Å². The zero-order valence-corrected chi connectivity index (χ0v) is 18.3. The summed E-state index contributed by atoms with van der Waals surface area (Å²) < 4.78 is 1.14. The monoisotopic (exact) mass is 509 g/mol. The lowest BCUT2D eigenvalue weighted by Gasteiger charge is -2.17. The van der Waals surface area contributed by atoms with Crippen molar-refractivity contribution >= 4 is 57.6 Å². The van der Waals surface area contributed by atoms with Crippen molar-refractivity contribution in [1.29, 1.82) is 0 Å². The molecule has 3 rings (SSSR count). The van der Waals surface area contributed by atoms with Gasteiger partial charge in [-0.25, -0.2) is 0 Å². The van der Waals surface area contributed by atoms with Gasteiger partial charge in [0.25, 0.3) is 0 Å². The largest absolute Gasteiger partial charge is 0.354 e. The van der Waals surface area contributed by atoms with Crippen LogP contribution >= 0.6 is 51.7 Å². The Morgan fingerprint density at radius 2 is 1.91 bits per heavy atom. The third-order valence-electron chi connectivity index (χ3n) is 4.69. The molecule has 0 amide bonds. The fourth-order valence-electron chi connectivity index (χ4n) is 3.26. The van der Waals surface area contributed by atoms with Crippen LogP contribution in [0.4, 0.5) is 0 Å². The van der Waals surface area contributed by atoms with Gasteiger partial charge in [-0.3, -0.25) is 4.99 Å². The molecule has 2 fully saturated rings. The topological polar surface area (TPSA) is 36.4 Å². The maximum atomic E-state index is 4.40. The molecule has 0 saturated heterocycles. The first-order valence-electron chi connectivity index (χ1n) is 7.97. The fourth-order valence-corrected chi connectivity index (χ4v) is 4.32. The molecule has 0 radical (unpaired) electrons. The molecule has 0 bridgehead atoms. The molecule has 2 aliphatic carbocycles. The zero-order valence-electron chi connectivity index (χ0n) is 13.6. The number of nitrogens with zero attached hydrogens (tertiary/aromatic N) is 1. The van der Waals surface area contributed by atoms with Crippen LogP contribution in [-0.4, -0.2) is 36.6 Å². The van der Waals surface area contributed by atoms with Crippen molar-refractivity contribution in [1.82, 2.24) is 10.6 Å². The molecule has 1 aromatic carbocycles. The van der Waals surface area contributed by atoms with Crippen LogP contribution in [-0.2, 0) is 0 Å². The quantitative estimate of drug-likeness (QED) is 0.359. The lowest BCUT2D eigenvalue weighted by molar-refractivity contribution is 0.613. The number of benzene rings is 1. The molecule has 2 N–H and O–H groups in total. The molecule has 0 heterocycles. The first kappa shape index (κ1) is 19.4. The summed E-state index contributed by atoms with van der Waals surface area (Å²) in [5.41, 5.74) is 1.42. The maximum Gasteiger partial charge on any atom is 0.191 e. The minimum atomic E-state index is 0. The summed E-state index contributed by atoms with van der Waals surface area (Å²) in [5.74, 6) is 1.59. The standard InChI is InChI=1S/C17H24BrN3S.HI/c1-19-17(20-13-7-8-14(9-13)22-2)21-16-10-15(16)11-3-5-12(18)6-4-11;/h3-6,13-16H,7-10H2,1-2H3,(H2,19,20,21);1H. The molecule has 3 nitrogen and oxygen atoms in total. The van der Waals surface area contributed by atoms with Crippen LogP contribution in [0, 0.1) is 0 Å². The Kier molecular flexibility index (Phi) is 7.54. The van der Waals surface area contributed by atoms with E-state index in [-0.39, 0.29) is 24.0 Å². The smallest absolute Gasteiger partial charge is 0.191 e. The van der Waals surface area contributed by atoms with Gasteiger partial charge in [0, 0.05) is 34.8 Å². The van der Waals surface area contributed by atoms with Crippen LogP contribution in [0.15, 0.2) is 33.7 Å². The van der Waals surface area contributed by atoms with Gasteiger partial charge in [-0.15, -0.1) is 24.0 Å². The summed E-state index contributed by atoms with van der Waals surface area (Å²) in [7, 11) is 1.87. The van der Waals surface area contributed by atoms with Gasteiger partial charge < -0.3 is 10.6 Å². The van der Waals surface area contributed by atoms with Crippen molar-refractivity contribution in [3.8, 4) is 0 Å². The van der Waals surface area contributed by atoms with Gasteiger partial charge in [-0.2, -0.15) is 11.8 Å². The van der Waals surface area contributed by atoms with E-state index < -0.39 is 0 Å². The number of hydrogen-bond donors (Lipinski definition) is 2. The number of aliphatic imine (C=N–C) groups is 1. The SMILES string of the molecule is CN=C(NC1CCC(SC)C1)NC1CC1c1ccc(Br)cc1.I. The Labute approximate surface area is 169 Å². The van der Waals surface area contributed by atoms with Crippen LogP contribution < -0.4 is 10.6 Å². The van der Waals surface area contributed by atoms with Crippen molar-refractivity contribution in [2.75, 3.05) is 13.3 Å². The Balaban J connectivity index is 0.00000192. The number of rotatable bonds is 4. The average molecular weight is 510 g/mol. The van der Waals surface area contributed by atoms with Crippen LogP contribution in [0.2, 0.25) is 0 Å². The van der Waals surface area contributed by atoms with Crippen molar-refractivity contribution in [2.24, 2.45) is 4.99 Å². The first-order valence-corrected chi connectivity index (χ1v) is 10.1. The Morgan fingerprint density at radius 1 is 1.17 bits per heavy atom. The van der Waals surface area contributed by atoms with Crippen LogP contribution in [0.1, 0.15) is 37.2 Å². The number of nitrogens with one attached hydrogen (secondary N) is 2. The lowest BCUT2D eigenvalue weighted by Crippen LogP contribution is -2.43. The maximum absolute atomic E-state index is 4.40. The second-order valence-electron chi connectivity index (χ2n) is 6.23. The lowest BCUT2D eigenvalue weighted by atomic mass is 10.1. The minimum absolute atomic E-state index is 0. The molecule has 2 aliphatic rings. The molecular weight excluding hydrogens is 485 g/mol. The van der Waals surface area contributed by atoms with Crippen molar-refractivity contribution in [3.63, 3.8) is 0 Å². The molecule has 6 heteroatoms. The molecule has 0 spiro atoms. The summed E-state index contributed by atoms with van der Waals surface area (Å²) in [6, 6.07) is 9.77. The van der Waals surface area contributed by atoms with Gasteiger partial charge >= 0.3 is 0 Å². The van der Waals surface area contributed by atoms with Crippen LogP contribution in [0.5, 0.6) is 0 Å². The Morgan fingerprint density at radius 3 is 2.52 bits per heavy atom. The van der Waals surface area contributed by atoms with E-state index in [1.54, 1.807) is 0 Å². The average Bonchev–Trinajstić information content (AvgIpc) is 3.14. The van der Waals surface area contributed by atoms with Crippen molar-refractivity contribution in [3.05, 3.63) is 34.3 Å². The van der Waals surface area contributed by atoms with Gasteiger partial charge in [-0.05, 0) is 49.6 Å². The number of hydrogen-bond acceptors (Lipinski definition) is 2. The first-order chi connectivity index (χ1) is 10.7. The normalized spacial score (nSPS) is 29.8. The highest BCUT2D eigenvalue weighted by Crippen LogP contribution is 2.41. The number of guanidine groups is 1. The second-order valence-corrected chi connectivity index (χ2v) is 8.28. The minimum Gasteiger partial charge on any atom is -0.354 e. The van der Waals surface area contributed by atoms with E-state index in [1.807, 2.05) is 18.8 Å². The predicted octanol–water partition coefficient (Wildman–Crippen LogP) is 4.37. The van der Waals surface area contributed by atoms with E-state index in [9.17, 15) is 0 Å². The molecule has 128 valence electrons. The summed E-state index contributed by atoms with van der Waals surface area (Å²) >= 11 is 5.49. The van der Waals surface area contributed by atoms with E-state index >= 15 is 0 Å². The van der Waals surface area contributed by atoms with E-state index in [1.165, 1.54) is 31.2 Å². The Bertz CT molecular complexity index is 537. The van der Waals surface area contributed by atoms with Gasteiger partial charge in [0.05, 0.1) is 0 Å². The highest BCUT2D eigenvalue weighted by molar-refractivity contribution is 14.0. The fraction of sp³-hybridized carbons (Fsp3) is 0.588. The van der Waals surface area contributed by atoms with E-state index in [2.05, 4.69) is 62.1 Å². The molecule has 23 heavy (non-hydrogen) atoms. The summed E-state index contributed by atoms with van der Waals surface area (Å²) in [5, 5.41) is 8.00. The molecule has 4 atom stereocenters. The third-order valence-corrected chi connectivity index (χ3v) is 6.32. The van der Waals surface area contributed by atoms with Crippen molar-refractivity contribution in [2.45, 2.75) is 48.9 Å². The molecular formula is C17H25BrIN3S. The molecule has 0 aliphatic heterocycles. The van der Waals surface area contributed by atoms with E-state index in [4.69, 9.17) is 0 Å².